The van der Waals surface area contributed by atoms with Crippen molar-refractivity contribution in [2.75, 3.05) is 20.1 Å². The van der Waals surface area contributed by atoms with Crippen LogP contribution in [0.1, 0.15) is 30.4 Å². The summed E-state index contributed by atoms with van der Waals surface area (Å²) in [6.45, 7) is 6.19. The van der Waals surface area contributed by atoms with Crippen molar-refractivity contribution in [2.24, 2.45) is 0 Å². The summed E-state index contributed by atoms with van der Waals surface area (Å²) >= 11 is 6.22. The van der Waals surface area contributed by atoms with Gasteiger partial charge in [-0.2, -0.15) is 0 Å². The number of amides is 1. The lowest BCUT2D eigenvalue weighted by Gasteiger charge is -2.24. The highest BCUT2D eigenvalue weighted by molar-refractivity contribution is 6.33. The summed E-state index contributed by atoms with van der Waals surface area (Å²) < 4.78 is 5.81. The fourth-order valence-electron chi connectivity index (χ4n) is 3.23. The first-order valence-electron chi connectivity index (χ1n) is 10.1. The SMILES string of the molecule is CCCN(CC(=O)N(C)Cc1ccccc1C)Cc1nnc(-c2ccccc2Cl)o1. The van der Waals surface area contributed by atoms with Gasteiger partial charge in [0, 0.05) is 13.6 Å². The van der Waals surface area contributed by atoms with Crippen LogP contribution in [-0.4, -0.2) is 46.0 Å². The average Bonchev–Trinajstić information content (AvgIpc) is 3.18. The molecule has 0 N–H and O–H groups in total. The zero-order valence-electron chi connectivity index (χ0n) is 17.6. The molecule has 0 aliphatic heterocycles. The smallest absolute Gasteiger partial charge is 0.249 e. The largest absolute Gasteiger partial charge is 0.419 e. The first-order valence-corrected chi connectivity index (χ1v) is 10.4. The molecule has 0 spiro atoms. The Bertz CT molecular complexity index is 989. The predicted octanol–water partition coefficient (Wildman–Crippen LogP) is 4.57. The second-order valence-electron chi connectivity index (χ2n) is 7.37. The van der Waals surface area contributed by atoms with Crippen LogP contribution in [0.25, 0.3) is 11.5 Å². The maximum absolute atomic E-state index is 12.8. The minimum absolute atomic E-state index is 0.0533. The summed E-state index contributed by atoms with van der Waals surface area (Å²) in [7, 11) is 1.83. The van der Waals surface area contributed by atoms with E-state index in [0.29, 0.717) is 42.0 Å². The maximum atomic E-state index is 12.8. The Morgan fingerprint density at radius 2 is 1.80 bits per heavy atom. The fraction of sp³-hybridized carbons (Fsp3) is 0.348. The molecule has 3 rings (SSSR count). The molecule has 6 nitrogen and oxygen atoms in total. The van der Waals surface area contributed by atoms with Crippen molar-refractivity contribution in [3.8, 4) is 11.5 Å². The Morgan fingerprint density at radius 3 is 2.53 bits per heavy atom. The number of halogens is 1. The number of rotatable bonds is 9. The monoisotopic (exact) mass is 426 g/mol. The van der Waals surface area contributed by atoms with E-state index in [4.69, 9.17) is 16.0 Å². The van der Waals surface area contributed by atoms with Crippen LogP contribution >= 0.6 is 11.6 Å². The number of aryl methyl sites for hydroxylation is 1. The number of carbonyl (C=O) groups excluding carboxylic acids is 1. The van der Waals surface area contributed by atoms with Crippen molar-refractivity contribution in [1.29, 1.82) is 0 Å². The Morgan fingerprint density at radius 1 is 1.07 bits per heavy atom. The third-order valence-electron chi connectivity index (χ3n) is 4.92. The van der Waals surface area contributed by atoms with Gasteiger partial charge in [0.15, 0.2) is 0 Å². The van der Waals surface area contributed by atoms with Gasteiger partial charge in [-0.3, -0.25) is 9.69 Å². The molecular weight excluding hydrogens is 400 g/mol. The van der Waals surface area contributed by atoms with Crippen LogP contribution in [0.15, 0.2) is 52.9 Å². The van der Waals surface area contributed by atoms with Crippen molar-refractivity contribution in [3.05, 3.63) is 70.6 Å². The Kier molecular flexibility index (Phi) is 7.60. The van der Waals surface area contributed by atoms with Gasteiger partial charge >= 0.3 is 0 Å². The lowest BCUT2D eigenvalue weighted by atomic mass is 10.1. The molecule has 7 heteroatoms. The van der Waals surface area contributed by atoms with Crippen molar-refractivity contribution in [2.45, 2.75) is 33.4 Å². The number of benzene rings is 2. The fourth-order valence-corrected chi connectivity index (χ4v) is 3.44. The Hall–Kier alpha value is -2.70. The number of carbonyl (C=O) groups is 1. The first kappa shape index (κ1) is 22.0. The predicted molar refractivity (Wildman–Crippen MR) is 118 cm³/mol. The van der Waals surface area contributed by atoms with E-state index in [9.17, 15) is 4.79 Å². The topological polar surface area (TPSA) is 62.5 Å². The van der Waals surface area contributed by atoms with Gasteiger partial charge in [0.25, 0.3) is 0 Å². The number of hydrogen-bond donors (Lipinski definition) is 0. The van der Waals surface area contributed by atoms with Crippen molar-refractivity contribution >= 4 is 17.5 Å². The second-order valence-corrected chi connectivity index (χ2v) is 7.77. The van der Waals surface area contributed by atoms with E-state index in [1.165, 1.54) is 5.56 Å². The van der Waals surface area contributed by atoms with Crippen molar-refractivity contribution < 1.29 is 9.21 Å². The zero-order chi connectivity index (χ0) is 21.5. The van der Waals surface area contributed by atoms with Crippen LogP contribution in [0.5, 0.6) is 0 Å². The minimum Gasteiger partial charge on any atom is -0.419 e. The molecule has 0 atom stereocenters. The van der Waals surface area contributed by atoms with Crippen LogP contribution in [0, 0.1) is 6.92 Å². The second kappa shape index (κ2) is 10.4. The molecule has 0 saturated carbocycles. The Balaban J connectivity index is 1.64. The van der Waals surface area contributed by atoms with Gasteiger partial charge in [0.1, 0.15) is 0 Å². The molecule has 0 aliphatic rings. The van der Waals surface area contributed by atoms with Gasteiger partial charge in [-0.25, -0.2) is 0 Å². The maximum Gasteiger partial charge on any atom is 0.249 e. The van der Waals surface area contributed by atoms with Gasteiger partial charge in [-0.1, -0.05) is 54.9 Å². The number of aromatic nitrogens is 2. The molecule has 158 valence electrons. The number of hydrogen-bond acceptors (Lipinski definition) is 5. The molecule has 30 heavy (non-hydrogen) atoms. The van der Waals surface area contributed by atoms with E-state index in [0.717, 1.165) is 18.5 Å². The third-order valence-corrected chi connectivity index (χ3v) is 5.25. The average molecular weight is 427 g/mol. The molecule has 1 amide bonds. The van der Waals surface area contributed by atoms with E-state index in [-0.39, 0.29) is 5.91 Å². The van der Waals surface area contributed by atoms with Gasteiger partial charge in [-0.05, 0) is 43.1 Å². The van der Waals surface area contributed by atoms with Crippen LogP contribution in [0.2, 0.25) is 5.02 Å². The lowest BCUT2D eigenvalue weighted by molar-refractivity contribution is -0.131. The summed E-state index contributed by atoms with van der Waals surface area (Å²) in [5, 5.41) is 8.82. The summed E-state index contributed by atoms with van der Waals surface area (Å²) in [5.74, 6) is 0.903. The van der Waals surface area contributed by atoms with E-state index in [2.05, 4.69) is 36.2 Å². The first-order chi connectivity index (χ1) is 14.5. The van der Waals surface area contributed by atoms with Crippen LogP contribution in [0.3, 0.4) is 0 Å². The molecule has 0 bridgehead atoms. The van der Waals surface area contributed by atoms with Crippen LogP contribution in [0.4, 0.5) is 0 Å². The van der Waals surface area contributed by atoms with Gasteiger partial charge in [0.2, 0.25) is 17.7 Å². The zero-order valence-corrected chi connectivity index (χ0v) is 18.4. The summed E-state index contributed by atoms with van der Waals surface area (Å²) in [6.07, 6.45) is 0.917. The van der Waals surface area contributed by atoms with E-state index in [1.54, 1.807) is 11.0 Å². The molecule has 1 heterocycles. The molecule has 0 aliphatic carbocycles. The van der Waals surface area contributed by atoms with E-state index < -0.39 is 0 Å². The molecule has 0 unspecified atom stereocenters. The summed E-state index contributed by atoms with van der Waals surface area (Å²) in [5.41, 5.74) is 3.03. The lowest BCUT2D eigenvalue weighted by Crippen LogP contribution is -2.38. The molecule has 1 aromatic heterocycles. The van der Waals surface area contributed by atoms with Crippen LogP contribution in [-0.2, 0) is 17.9 Å². The highest BCUT2D eigenvalue weighted by atomic mass is 35.5. The molecule has 0 saturated heterocycles. The molecule has 0 fully saturated rings. The van der Waals surface area contributed by atoms with Crippen molar-refractivity contribution in [1.82, 2.24) is 20.0 Å². The van der Waals surface area contributed by atoms with E-state index in [1.807, 2.05) is 42.3 Å². The normalized spacial score (nSPS) is 11.1. The van der Waals surface area contributed by atoms with Crippen molar-refractivity contribution in [3.63, 3.8) is 0 Å². The van der Waals surface area contributed by atoms with Crippen LogP contribution < -0.4 is 0 Å². The minimum atomic E-state index is 0.0533. The summed E-state index contributed by atoms with van der Waals surface area (Å²) in [4.78, 5) is 16.6. The van der Waals surface area contributed by atoms with Gasteiger partial charge in [0.05, 0.1) is 23.7 Å². The summed E-state index contributed by atoms with van der Waals surface area (Å²) in [6, 6.07) is 15.5. The third kappa shape index (κ3) is 5.68. The van der Waals surface area contributed by atoms with E-state index >= 15 is 0 Å². The highest BCUT2D eigenvalue weighted by Crippen LogP contribution is 2.26. The van der Waals surface area contributed by atoms with Gasteiger partial charge < -0.3 is 9.32 Å². The standard InChI is InChI=1S/C23H27ClN4O2/c1-4-13-28(16-22(29)27(3)14-18-10-6-5-9-17(18)2)15-21-25-26-23(30-21)19-11-7-8-12-20(19)24/h5-12H,4,13-16H2,1-3H3. The number of likely N-dealkylation sites (N-methyl/N-ethyl adjacent to an activating group) is 1. The quantitative estimate of drug-likeness (QED) is 0.501. The Labute approximate surface area is 182 Å². The molecule has 0 radical (unpaired) electrons. The molecule has 3 aromatic rings. The molecular formula is C23H27ClN4O2. The number of nitrogens with zero attached hydrogens (tertiary/aromatic N) is 4. The molecule has 2 aromatic carbocycles. The van der Waals surface area contributed by atoms with Gasteiger partial charge in [-0.15, -0.1) is 10.2 Å². The highest BCUT2D eigenvalue weighted by Gasteiger charge is 2.18.